The average Bonchev–Trinajstić information content (AvgIpc) is 3.02. The van der Waals surface area contributed by atoms with Gasteiger partial charge >= 0.3 is 12.2 Å². The van der Waals surface area contributed by atoms with Crippen LogP contribution in [0.2, 0.25) is 0 Å². The van der Waals surface area contributed by atoms with Gasteiger partial charge in [-0.05, 0) is 26.0 Å². The van der Waals surface area contributed by atoms with Gasteiger partial charge in [-0.2, -0.15) is 13.2 Å². The van der Waals surface area contributed by atoms with Crippen LogP contribution in [-0.4, -0.2) is 25.6 Å². The Morgan fingerprint density at radius 1 is 1.19 bits per heavy atom. The fraction of sp³-hybridized carbons (Fsp3) is 0.188. The highest BCUT2D eigenvalue weighted by molar-refractivity contribution is 7.17. The van der Waals surface area contributed by atoms with Crippen molar-refractivity contribution in [1.82, 2.24) is 19.9 Å². The molecule has 134 valence electrons. The normalized spacial score (nSPS) is 12.3. The molecule has 0 bridgehead atoms. The van der Waals surface area contributed by atoms with Crippen molar-refractivity contribution in [3.63, 3.8) is 0 Å². The molecule has 6 nitrogen and oxygen atoms in total. The van der Waals surface area contributed by atoms with Crippen LogP contribution in [0.4, 0.5) is 13.2 Å². The Hall–Kier alpha value is -2.88. The third kappa shape index (κ3) is 4.02. The summed E-state index contributed by atoms with van der Waals surface area (Å²) in [4.78, 5) is 21.4. The zero-order valence-electron chi connectivity index (χ0n) is 13.7. The molecule has 0 N–H and O–H groups in total. The van der Waals surface area contributed by atoms with Crippen LogP contribution in [0.5, 0.6) is 6.01 Å². The number of thiazole rings is 1. The van der Waals surface area contributed by atoms with E-state index in [1.54, 1.807) is 19.3 Å². The first kappa shape index (κ1) is 17.9. The van der Waals surface area contributed by atoms with Gasteiger partial charge in [0.25, 0.3) is 0 Å². The summed E-state index contributed by atoms with van der Waals surface area (Å²) >= 11 is 1.41. The maximum absolute atomic E-state index is 12.5. The van der Waals surface area contributed by atoms with E-state index in [4.69, 9.17) is 4.84 Å². The number of hydrogen-bond acceptors (Lipinski definition) is 7. The van der Waals surface area contributed by atoms with Gasteiger partial charge < -0.3 is 4.84 Å². The van der Waals surface area contributed by atoms with E-state index in [9.17, 15) is 13.2 Å². The lowest BCUT2D eigenvalue weighted by atomic mass is 10.3. The molecule has 3 aromatic heterocycles. The second-order valence-electron chi connectivity index (χ2n) is 5.20. The fourth-order valence-electron chi connectivity index (χ4n) is 2.01. The molecule has 0 fully saturated rings. The van der Waals surface area contributed by atoms with Gasteiger partial charge in [0.15, 0.2) is 0 Å². The van der Waals surface area contributed by atoms with Crippen molar-refractivity contribution >= 4 is 17.0 Å². The summed E-state index contributed by atoms with van der Waals surface area (Å²) in [6.07, 6.45) is 0.175. The lowest BCUT2D eigenvalue weighted by Gasteiger charge is -2.05. The Labute approximate surface area is 150 Å². The minimum atomic E-state index is -4.50. The van der Waals surface area contributed by atoms with Gasteiger partial charge in [0.05, 0.1) is 21.8 Å². The van der Waals surface area contributed by atoms with Gasteiger partial charge in [-0.15, -0.1) is 11.3 Å². The van der Waals surface area contributed by atoms with Crippen LogP contribution >= 0.6 is 11.3 Å². The predicted molar refractivity (Wildman–Crippen MR) is 90.0 cm³/mol. The molecule has 0 aliphatic rings. The lowest BCUT2D eigenvalue weighted by Crippen LogP contribution is -2.07. The summed E-state index contributed by atoms with van der Waals surface area (Å²) < 4.78 is 37.4. The summed E-state index contributed by atoms with van der Waals surface area (Å²) in [5.41, 5.74) is 1.20. The maximum Gasteiger partial charge on any atom is 0.419 e. The summed E-state index contributed by atoms with van der Waals surface area (Å²) in [6, 6.07) is 3.44. The Balaban J connectivity index is 1.77. The number of alkyl halides is 3. The van der Waals surface area contributed by atoms with Gasteiger partial charge in [-0.3, -0.25) is 4.98 Å². The minimum absolute atomic E-state index is 0.271. The molecule has 3 rings (SSSR count). The molecule has 0 amide bonds. The molecule has 3 aromatic rings. The molecule has 26 heavy (non-hydrogen) atoms. The smallest absolute Gasteiger partial charge is 0.315 e. The molecule has 0 aromatic carbocycles. The highest BCUT2D eigenvalue weighted by Gasteiger charge is 2.31. The molecule has 10 heteroatoms. The van der Waals surface area contributed by atoms with Gasteiger partial charge in [0.1, 0.15) is 5.01 Å². The molecule has 0 unspecified atom stereocenters. The van der Waals surface area contributed by atoms with Crippen molar-refractivity contribution in [3.05, 3.63) is 53.1 Å². The Morgan fingerprint density at radius 2 is 1.92 bits per heavy atom. The SMILES string of the molecule is C/C(=N\Oc1ncc(C(F)(F)F)cn1)c1sc(-c2cccnc2)nc1C. The molecule has 0 radical (unpaired) electrons. The Kier molecular flexibility index (Phi) is 4.94. The summed E-state index contributed by atoms with van der Waals surface area (Å²) in [5, 5.41) is 4.67. The lowest BCUT2D eigenvalue weighted by molar-refractivity contribution is -0.138. The number of hydrogen-bond donors (Lipinski definition) is 0. The minimum Gasteiger partial charge on any atom is -0.315 e. The van der Waals surface area contributed by atoms with Gasteiger partial charge in [0.2, 0.25) is 0 Å². The number of aromatic nitrogens is 4. The standard InChI is InChI=1S/C16H12F3N5OS/c1-9-13(26-14(23-9)11-4-3-5-20-6-11)10(2)24-25-15-21-7-12(8-22-15)16(17,18)19/h3-8H,1-2H3/b24-10+. The first-order valence-electron chi connectivity index (χ1n) is 7.33. The molecule has 0 saturated carbocycles. The van der Waals surface area contributed by atoms with Crippen LogP contribution < -0.4 is 4.84 Å². The summed E-state index contributed by atoms with van der Waals surface area (Å²) in [5.74, 6) is 0. The summed E-state index contributed by atoms with van der Waals surface area (Å²) in [7, 11) is 0. The van der Waals surface area contributed by atoms with Crippen LogP contribution in [0.25, 0.3) is 10.6 Å². The van der Waals surface area contributed by atoms with E-state index in [0.717, 1.165) is 21.1 Å². The van der Waals surface area contributed by atoms with E-state index in [1.165, 1.54) is 11.3 Å². The van der Waals surface area contributed by atoms with E-state index in [1.807, 2.05) is 19.1 Å². The third-order valence-electron chi connectivity index (χ3n) is 3.25. The van der Waals surface area contributed by atoms with Crippen LogP contribution in [0.3, 0.4) is 0 Å². The zero-order valence-corrected chi connectivity index (χ0v) is 14.5. The molecule has 3 heterocycles. The van der Waals surface area contributed by atoms with E-state index in [0.29, 0.717) is 18.1 Å². The highest BCUT2D eigenvalue weighted by atomic mass is 32.1. The molecular formula is C16H12F3N5OS. The zero-order chi connectivity index (χ0) is 18.7. The van der Waals surface area contributed by atoms with Gasteiger partial charge in [-0.1, -0.05) is 5.16 Å². The summed E-state index contributed by atoms with van der Waals surface area (Å²) in [6.45, 7) is 3.54. The average molecular weight is 379 g/mol. The van der Waals surface area contributed by atoms with Crippen LogP contribution in [-0.2, 0) is 6.18 Å². The van der Waals surface area contributed by atoms with Crippen LogP contribution in [0, 0.1) is 6.92 Å². The molecular weight excluding hydrogens is 367 g/mol. The Bertz CT molecular complexity index is 923. The predicted octanol–water partition coefficient (Wildman–Crippen LogP) is 4.13. The Morgan fingerprint density at radius 3 is 2.54 bits per heavy atom. The fourth-order valence-corrected chi connectivity index (χ4v) is 3.00. The molecule has 0 saturated heterocycles. The van der Waals surface area contributed by atoms with Crippen molar-refractivity contribution in [2.75, 3.05) is 0 Å². The largest absolute Gasteiger partial charge is 0.419 e. The number of aryl methyl sites for hydroxylation is 1. The number of halogens is 3. The van der Waals surface area contributed by atoms with Crippen molar-refractivity contribution in [2.24, 2.45) is 5.16 Å². The number of oxime groups is 1. The van der Waals surface area contributed by atoms with Crippen molar-refractivity contribution in [2.45, 2.75) is 20.0 Å². The van der Waals surface area contributed by atoms with Crippen molar-refractivity contribution in [1.29, 1.82) is 0 Å². The van der Waals surface area contributed by atoms with Crippen LogP contribution in [0.15, 0.2) is 42.1 Å². The van der Waals surface area contributed by atoms with Crippen molar-refractivity contribution in [3.8, 4) is 16.6 Å². The monoisotopic (exact) mass is 379 g/mol. The van der Waals surface area contributed by atoms with E-state index < -0.39 is 11.7 Å². The van der Waals surface area contributed by atoms with Crippen LogP contribution in [0.1, 0.15) is 23.1 Å². The second kappa shape index (κ2) is 7.16. The second-order valence-corrected chi connectivity index (χ2v) is 6.19. The molecule has 0 atom stereocenters. The quantitative estimate of drug-likeness (QED) is 0.503. The molecule has 0 spiro atoms. The van der Waals surface area contributed by atoms with E-state index in [2.05, 4.69) is 25.1 Å². The highest BCUT2D eigenvalue weighted by Crippen LogP contribution is 2.29. The van der Waals surface area contributed by atoms with Crippen molar-refractivity contribution < 1.29 is 18.0 Å². The first-order chi connectivity index (χ1) is 12.3. The number of pyridine rings is 1. The first-order valence-corrected chi connectivity index (χ1v) is 8.15. The molecule has 0 aliphatic carbocycles. The maximum atomic E-state index is 12.5. The topological polar surface area (TPSA) is 73.2 Å². The third-order valence-corrected chi connectivity index (χ3v) is 4.57. The van der Waals surface area contributed by atoms with Gasteiger partial charge in [0, 0.05) is 30.4 Å². The van der Waals surface area contributed by atoms with E-state index in [-0.39, 0.29) is 6.01 Å². The van der Waals surface area contributed by atoms with E-state index >= 15 is 0 Å². The van der Waals surface area contributed by atoms with Gasteiger partial charge in [-0.25, -0.2) is 15.0 Å². The number of rotatable bonds is 4. The molecule has 0 aliphatic heterocycles. The number of nitrogens with zero attached hydrogens (tertiary/aromatic N) is 5.